The number of carbonyl (C=O) groups is 1. The molecule has 1 amide bonds. The van der Waals surface area contributed by atoms with Crippen molar-refractivity contribution >= 4 is 22.6 Å². The normalized spacial score (nSPS) is 15.4. The molecule has 1 aliphatic heterocycles. The van der Waals surface area contributed by atoms with Crippen LogP contribution in [0.1, 0.15) is 52.0 Å². The largest absolute Gasteiger partial charge is 0.383 e. The van der Waals surface area contributed by atoms with Crippen LogP contribution in [0, 0.1) is 12.3 Å². The molecular formula is C24H22N4O2. The number of nitrogens with zero attached hydrogens (tertiary/aromatic N) is 3. The first-order valence-corrected chi connectivity index (χ1v) is 10.2. The highest BCUT2D eigenvalue weighted by Crippen LogP contribution is 2.33. The third-order valence-corrected chi connectivity index (χ3v) is 6.08. The summed E-state index contributed by atoms with van der Waals surface area (Å²) in [7, 11) is 0. The number of rotatable bonds is 4. The fourth-order valence-corrected chi connectivity index (χ4v) is 4.11. The van der Waals surface area contributed by atoms with Gasteiger partial charge in [-0.2, -0.15) is 0 Å². The van der Waals surface area contributed by atoms with Crippen molar-refractivity contribution in [3.8, 4) is 12.3 Å². The molecule has 1 fully saturated rings. The maximum atomic E-state index is 13.5. The Kier molecular flexibility index (Phi) is 4.61. The summed E-state index contributed by atoms with van der Waals surface area (Å²) < 4.78 is 5.58. The molecule has 3 aromatic rings. The van der Waals surface area contributed by atoms with Gasteiger partial charge >= 0.3 is 0 Å². The number of hydrogen-bond acceptors (Lipinski definition) is 5. The zero-order valence-corrected chi connectivity index (χ0v) is 16.6. The number of nitrogen functional groups attached to an aromatic ring is 1. The van der Waals surface area contributed by atoms with E-state index in [0.29, 0.717) is 31.1 Å². The van der Waals surface area contributed by atoms with Crippen molar-refractivity contribution in [1.29, 1.82) is 0 Å². The molecule has 0 radical (unpaired) electrons. The number of terminal acetylenes is 1. The fraction of sp³-hybridized carbons (Fsp3) is 0.292. The minimum absolute atomic E-state index is 0.00826. The molecular weight excluding hydrogens is 376 g/mol. The van der Waals surface area contributed by atoms with Gasteiger partial charge in [0.25, 0.3) is 5.91 Å². The van der Waals surface area contributed by atoms with Crippen LogP contribution in [0.3, 0.4) is 0 Å². The Bertz CT molecular complexity index is 1180. The first-order valence-electron chi connectivity index (χ1n) is 10.2. The van der Waals surface area contributed by atoms with Gasteiger partial charge in [-0.3, -0.25) is 9.78 Å². The van der Waals surface area contributed by atoms with Gasteiger partial charge in [0, 0.05) is 34.3 Å². The lowest BCUT2D eigenvalue weighted by atomic mass is 9.90. The molecule has 6 nitrogen and oxygen atoms in total. The number of fused-ring (bicyclic) bond motifs is 3. The van der Waals surface area contributed by atoms with E-state index in [1.54, 1.807) is 6.20 Å². The van der Waals surface area contributed by atoms with Crippen LogP contribution in [0.5, 0.6) is 0 Å². The Balaban J connectivity index is 1.49. The number of ether oxygens (including phenoxy) is 1. The highest BCUT2D eigenvalue weighted by Gasteiger charge is 2.30. The molecule has 0 atom stereocenters. The lowest BCUT2D eigenvalue weighted by Crippen LogP contribution is -2.43. The smallest absolute Gasteiger partial charge is 0.254 e. The summed E-state index contributed by atoms with van der Waals surface area (Å²) in [5, 5.41) is 0.938. The molecule has 2 aromatic heterocycles. The summed E-state index contributed by atoms with van der Waals surface area (Å²) in [4.78, 5) is 24.4. The molecule has 1 aliphatic carbocycles. The molecule has 5 rings (SSSR count). The minimum Gasteiger partial charge on any atom is -0.383 e. The topological polar surface area (TPSA) is 81.3 Å². The van der Waals surface area contributed by atoms with Gasteiger partial charge in [-0.25, -0.2) is 4.98 Å². The van der Waals surface area contributed by atoms with E-state index in [9.17, 15) is 4.79 Å². The fourth-order valence-electron chi connectivity index (χ4n) is 4.11. The molecule has 30 heavy (non-hydrogen) atoms. The van der Waals surface area contributed by atoms with E-state index in [2.05, 4.69) is 15.9 Å². The zero-order chi connectivity index (χ0) is 20.7. The van der Waals surface area contributed by atoms with Crippen LogP contribution in [0.15, 0.2) is 36.5 Å². The van der Waals surface area contributed by atoms with Crippen LogP contribution < -0.4 is 5.73 Å². The third-order valence-electron chi connectivity index (χ3n) is 6.08. The van der Waals surface area contributed by atoms with Gasteiger partial charge in [0.15, 0.2) is 0 Å². The number of aromatic nitrogens is 2. The Labute approximate surface area is 175 Å². The summed E-state index contributed by atoms with van der Waals surface area (Å²) in [6.45, 7) is 1.43. The number of benzene rings is 1. The maximum absolute atomic E-state index is 13.5. The van der Waals surface area contributed by atoms with Crippen molar-refractivity contribution in [2.75, 3.05) is 5.73 Å². The molecule has 0 saturated heterocycles. The lowest BCUT2D eigenvalue weighted by molar-refractivity contribution is 0.0553. The highest BCUT2D eigenvalue weighted by atomic mass is 16.5. The number of pyridine rings is 2. The van der Waals surface area contributed by atoms with Crippen molar-refractivity contribution in [2.24, 2.45) is 0 Å². The Morgan fingerprint density at radius 2 is 2.07 bits per heavy atom. The Morgan fingerprint density at radius 1 is 1.23 bits per heavy atom. The number of hydrogen-bond donors (Lipinski definition) is 1. The van der Waals surface area contributed by atoms with Crippen molar-refractivity contribution in [3.63, 3.8) is 0 Å². The maximum Gasteiger partial charge on any atom is 0.254 e. The number of anilines is 1. The number of carbonyl (C=O) groups excluding carboxylic acids is 1. The predicted molar refractivity (Wildman–Crippen MR) is 114 cm³/mol. The summed E-state index contributed by atoms with van der Waals surface area (Å²) in [5.41, 5.74) is 11.0. The highest BCUT2D eigenvalue weighted by molar-refractivity contribution is 5.99. The standard InChI is InChI=1S/C24H22N4O2/c1-2-15-6-8-17(26-11-15)12-28(18-4-3-5-18)24(29)16-7-9-22-19(10-16)20-13-30-14-21(20)23(25)27-22/h1,6-11,18H,3-5,12-14H2,(H2,25,27). The molecule has 6 heteroatoms. The van der Waals surface area contributed by atoms with Crippen LogP contribution in [-0.2, 0) is 24.5 Å². The van der Waals surface area contributed by atoms with E-state index >= 15 is 0 Å². The van der Waals surface area contributed by atoms with Crippen LogP contribution in [0.25, 0.3) is 10.9 Å². The summed E-state index contributed by atoms with van der Waals surface area (Å²) in [6.07, 6.45) is 10.3. The molecule has 150 valence electrons. The van der Waals surface area contributed by atoms with E-state index in [0.717, 1.165) is 52.5 Å². The van der Waals surface area contributed by atoms with Crippen molar-refractivity contribution in [3.05, 3.63) is 64.5 Å². The molecule has 1 saturated carbocycles. The molecule has 1 aromatic carbocycles. The van der Waals surface area contributed by atoms with E-state index in [-0.39, 0.29) is 11.9 Å². The molecule has 2 aliphatic rings. The van der Waals surface area contributed by atoms with Crippen molar-refractivity contribution in [2.45, 2.75) is 45.1 Å². The second kappa shape index (κ2) is 7.43. The zero-order valence-electron chi connectivity index (χ0n) is 16.6. The monoisotopic (exact) mass is 398 g/mol. The average Bonchev–Trinajstić information content (AvgIpc) is 3.23. The van der Waals surface area contributed by atoms with Crippen molar-refractivity contribution in [1.82, 2.24) is 14.9 Å². The van der Waals surface area contributed by atoms with E-state index in [1.165, 1.54) is 0 Å². The molecule has 0 spiro atoms. The second-order valence-corrected chi connectivity index (χ2v) is 7.88. The minimum atomic E-state index is 0.00826. The first-order chi connectivity index (χ1) is 14.6. The van der Waals surface area contributed by atoms with Crippen LogP contribution in [-0.4, -0.2) is 26.8 Å². The van der Waals surface area contributed by atoms with Crippen LogP contribution in [0.2, 0.25) is 0 Å². The summed E-state index contributed by atoms with van der Waals surface area (Å²) in [6, 6.07) is 9.63. The van der Waals surface area contributed by atoms with Gasteiger partial charge in [0.1, 0.15) is 5.82 Å². The molecule has 3 heterocycles. The Hall–Kier alpha value is -3.43. The summed E-state index contributed by atoms with van der Waals surface area (Å²) in [5.74, 6) is 3.09. The van der Waals surface area contributed by atoms with Crippen LogP contribution >= 0.6 is 0 Å². The van der Waals surface area contributed by atoms with Gasteiger partial charge in [-0.05, 0) is 55.2 Å². The second-order valence-electron chi connectivity index (χ2n) is 7.88. The van der Waals surface area contributed by atoms with E-state index < -0.39 is 0 Å². The molecule has 0 bridgehead atoms. The number of nitrogens with two attached hydrogens (primary N) is 1. The quantitative estimate of drug-likeness (QED) is 0.681. The Morgan fingerprint density at radius 3 is 2.77 bits per heavy atom. The van der Waals surface area contributed by atoms with Gasteiger partial charge in [0.2, 0.25) is 0 Å². The summed E-state index contributed by atoms with van der Waals surface area (Å²) >= 11 is 0. The van der Waals surface area contributed by atoms with Crippen molar-refractivity contribution < 1.29 is 9.53 Å². The van der Waals surface area contributed by atoms with E-state index in [1.807, 2.05) is 35.2 Å². The molecule has 2 N–H and O–H groups in total. The lowest BCUT2D eigenvalue weighted by Gasteiger charge is -2.37. The van der Waals surface area contributed by atoms with E-state index in [4.69, 9.17) is 16.9 Å². The van der Waals surface area contributed by atoms with Crippen LogP contribution in [0.4, 0.5) is 5.82 Å². The van der Waals surface area contributed by atoms with Gasteiger partial charge in [-0.1, -0.05) is 5.92 Å². The van der Waals surface area contributed by atoms with Gasteiger partial charge in [0.05, 0.1) is 31.0 Å². The number of amides is 1. The first kappa shape index (κ1) is 18.6. The predicted octanol–water partition coefficient (Wildman–Crippen LogP) is 3.42. The van der Waals surface area contributed by atoms with Gasteiger partial charge < -0.3 is 15.4 Å². The van der Waals surface area contributed by atoms with Gasteiger partial charge in [-0.15, -0.1) is 6.42 Å². The third kappa shape index (κ3) is 3.17. The SMILES string of the molecule is C#Cc1ccc(CN(C(=O)c2ccc3nc(N)c4c(c3c2)COC4)C2CCC2)nc1. The average molecular weight is 398 g/mol. The molecule has 0 unspecified atom stereocenters.